The topological polar surface area (TPSA) is 40.6 Å². The first-order chi connectivity index (χ1) is 14.7. The smallest absolute Gasteiger partial charge is 0.234 e. The Morgan fingerprint density at radius 2 is 1.27 bits per heavy atom. The Morgan fingerprint density at radius 3 is 1.80 bits per heavy atom. The molecule has 2 aromatic rings. The van der Waals surface area contributed by atoms with Crippen molar-refractivity contribution in [1.82, 2.24) is 9.80 Å². The van der Waals surface area contributed by atoms with Gasteiger partial charge in [0.05, 0.1) is 5.92 Å². The Bertz CT molecular complexity index is 783. The van der Waals surface area contributed by atoms with E-state index < -0.39 is 0 Å². The van der Waals surface area contributed by atoms with Crippen molar-refractivity contribution in [3.63, 3.8) is 0 Å². The minimum Gasteiger partial charge on any atom is -0.339 e. The molecule has 0 aromatic heterocycles. The minimum absolute atomic E-state index is 0.130. The summed E-state index contributed by atoms with van der Waals surface area (Å²) in [5.41, 5.74) is 2.03. The summed E-state index contributed by atoms with van der Waals surface area (Å²) in [4.78, 5) is 30.0. The first-order valence-corrected chi connectivity index (χ1v) is 11.4. The van der Waals surface area contributed by atoms with Crippen molar-refractivity contribution in [2.75, 3.05) is 26.2 Å². The fourth-order valence-electron chi connectivity index (χ4n) is 4.91. The highest BCUT2D eigenvalue weighted by atomic mass is 16.2. The number of hydrogen-bond acceptors (Lipinski definition) is 2. The maximum absolute atomic E-state index is 13.5. The van der Waals surface area contributed by atoms with E-state index in [1.165, 1.54) is 25.7 Å². The van der Waals surface area contributed by atoms with Gasteiger partial charge in [-0.25, -0.2) is 0 Å². The van der Waals surface area contributed by atoms with Crippen LogP contribution in [0.3, 0.4) is 0 Å². The van der Waals surface area contributed by atoms with Crippen molar-refractivity contribution in [3.8, 4) is 0 Å². The lowest BCUT2D eigenvalue weighted by molar-refractivity contribution is -0.140. The third kappa shape index (κ3) is 4.92. The van der Waals surface area contributed by atoms with Crippen LogP contribution in [0.1, 0.15) is 55.6 Å². The molecule has 0 bridgehead atoms. The zero-order valence-corrected chi connectivity index (χ0v) is 17.7. The highest BCUT2D eigenvalue weighted by Crippen LogP contribution is 2.29. The maximum Gasteiger partial charge on any atom is 0.234 e. The first kappa shape index (κ1) is 20.6. The van der Waals surface area contributed by atoms with E-state index in [4.69, 9.17) is 0 Å². The molecule has 0 unspecified atom stereocenters. The van der Waals surface area contributed by atoms with E-state index in [0.717, 1.165) is 23.5 Å². The van der Waals surface area contributed by atoms with Crippen molar-refractivity contribution in [2.45, 2.75) is 44.4 Å². The molecular weight excluding hydrogens is 372 g/mol. The molecule has 2 fully saturated rings. The Hall–Kier alpha value is -2.62. The average Bonchev–Trinajstić information content (AvgIpc) is 3.33. The van der Waals surface area contributed by atoms with Gasteiger partial charge in [0.2, 0.25) is 11.8 Å². The third-order valence-electron chi connectivity index (χ3n) is 6.70. The van der Waals surface area contributed by atoms with Gasteiger partial charge in [-0.15, -0.1) is 0 Å². The van der Waals surface area contributed by atoms with Crippen LogP contribution in [-0.4, -0.2) is 47.8 Å². The summed E-state index contributed by atoms with van der Waals surface area (Å²) in [5, 5.41) is 0. The summed E-state index contributed by atoms with van der Waals surface area (Å²) in [6.07, 6.45) is 6.91. The molecule has 1 saturated heterocycles. The predicted molar refractivity (Wildman–Crippen MR) is 119 cm³/mol. The number of carbonyl (C=O) groups is 2. The standard InChI is InChI=1S/C26H32N2O2/c29-24(16-15-21-9-7-8-10-21)27-17-19-28(20-18-27)26(30)25(22-11-3-1-4-12-22)23-13-5-2-6-14-23/h1-6,11-14,21,25H,7-10,15-20H2. The van der Waals surface area contributed by atoms with Crippen LogP contribution in [0.15, 0.2) is 60.7 Å². The predicted octanol–water partition coefficient (Wildman–Crippen LogP) is 4.46. The van der Waals surface area contributed by atoms with Crippen LogP contribution >= 0.6 is 0 Å². The van der Waals surface area contributed by atoms with Gasteiger partial charge in [0.25, 0.3) is 0 Å². The summed E-state index contributed by atoms with van der Waals surface area (Å²) in [6.45, 7) is 2.52. The monoisotopic (exact) mass is 404 g/mol. The van der Waals surface area contributed by atoms with Gasteiger partial charge in [-0.2, -0.15) is 0 Å². The van der Waals surface area contributed by atoms with Gasteiger partial charge in [0, 0.05) is 32.6 Å². The molecule has 1 saturated carbocycles. The lowest BCUT2D eigenvalue weighted by atomic mass is 9.90. The van der Waals surface area contributed by atoms with Gasteiger partial charge in [-0.3, -0.25) is 9.59 Å². The molecule has 4 rings (SSSR count). The zero-order chi connectivity index (χ0) is 20.8. The van der Waals surface area contributed by atoms with Crippen LogP contribution in [-0.2, 0) is 9.59 Å². The van der Waals surface area contributed by atoms with E-state index in [1.54, 1.807) is 0 Å². The number of piperazine rings is 1. The van der Waals surface area contributed by atoms with Crippen molar-refractivity contribution in [3.05, 3.63) is 71.8 Å². The summed E-state index contributed by atoms with van der Waals surface area (Å²) in [7, 11) is 0. The molecule has 2 amide bonds. The lowest BCUT2D eigenvalue weighted by Crippen LogP contribution is -2.51. The number of amides is 2. The van der Waals surface area contributed by atoms with Gasteiger partial charge >= 0.3 is 0 Å². The van der Waals surface area contributed by atoms with Crippen molar-refractivity contribution < 1.29 is 9.59 Å². The fraction of sp³-hybridized carbons (Fsp3) is 0.462. The van der Waals surface area contributed by atoms with Crippen molar-refractivity contribution in [1.29, 1.82) is 0 Å². The Balaban J connectivity index is 1.37. The normalized spacial score (nSPS) is 17.5. The van der Waals surface area contributed by atoms with E-state index in [1.807, 2.05) is 70.5 Å². The van der Waals surface area contributed by atoms with Crippen molar-refractivity contribution >= 4 is 11.8 Å². The molecule has 0 atom stereocenters. The van der Waals surface area contributed by atoms with Crippen LogP contribution in [0, 0.1) is 5.92 Å². The molecule has 0 radical (unpaired) electrons. The van der Waals surface area contributed by atoms with Crippen molar-refractivity contribution in [2.24, 2.45) is 5.92 Å². The summed E-state index contributed by atoms with van der Waals surface area (Å²) in [5.74, 6) is 0.841. The van der Waals surface area contributed by atoms with Crippen LogP contribution in [0.5, 0.6) is 0 Å². The minimum atomic E-state index is -0.294. The molecule has 1 aliphatic carbocycles. The Labute approximate surface area is 179 Å². The third-order valence-corrected chi connectivity index (χ3v) is 6.70. The van der Waals surface area contributed by atoms with E-state index in [0.29, 0.717) is 32.6 Å². The molecular formula is C26H32N2O2. The second-order valence-corrected chi connectivity index (χ2v) is 8.65. The second-order valence-electron chi connectivity index (χ2n) is 8.65. The van der Waals surface area contributed by atoms with Gasteiger partial charge < -0.3 is 9.80 Å². The van der Waals surface area contributed by atoms with E-state index in [-0.39, 0.29) is 17.7 Å². The summed E-state index contributed by atoms with van der Waals surface area (Å²) < 4.78 is 0. The molecule has 1 aliphatic heterocycles. The maximum atomic E-state index is 13.5. The van der Waals surface area contributed by atoms with Gasteiger partial charge in [0.1, 0.15) is 0 Å². The average molecular weight is 405 g/mol. The van der Waals surface area contributed by atoms with Crippen LogP contribution < -0.4 is 0 Å². The van der Waals surface area contributed by atoms with E-state index in [2.05, 4.69) is 0 Å². The van der Waals surface area contributed by atoms with Crippen LogP contribution in [0.4, 0.5) is 0 Å². The fourth-order valence-corrected chi connectivity index (χ4v) is 4.91. The number of benzene rings is 2. The van der Waals surface area contributed by atoms with Crippen LogP contribution in [0.25, 0.3) is 0 Å². The molecule has 1 heterocycles. The molecule has 0 spiro atoms. The lowest BCUT2D eigenvalue weighted by Gasteiger charge is -2.37. The van der Waals surface area contributed by atoms with E-state index in [9.17, 15) is 9.59 Å². The van der Waals surface area contributed by atoms with Crippen LogP contribution in [0.2, 0.25) is 0 Å². The number of carbonyl (C=O) groups excluding carboxylic acids is 2. The Morgan fingerprint density at radius 1 is 0.767 bits per heavy atom. The molecule has 0 N–H and O–H groups in total. The first-order valence-electron chi connectivity index (χ1n) is 11.4. The zero-order valence-electron chi connectivity index (χ0n) is 17.7. The number of rotatable bonds is 6. The molecule has 2 aliphatic rings. The highest BCUT2D eigenvalue weighted by Gasteiger charge is 2.31. The van der Waals surface area contributed by atoms with Gasteiger partial charge in [-0.1, -0.05) is 86.3 Å². The summed E-state index contributed by atoms with van der Waals surface area (Å²) >= 11 is 0. The quantitative estimate of drug-likeness (QED) is 0.713. The number of nitrogens with zero attached hydrogens (tertiary/aromatic N) is 2. The van der Waals surface area contributed by atoms with Gasteiger partial charge in [0.15, 0.2) is 0 Å². The number of hydrogen-bond donors (Lipinski definition) is 0. The molecule has 2 aromatic carbocycles. The van der Waals surface area contributed by atoms with E-state index >= 15 is 0 Å². The summed E-state index contributed by atoms with van der Waals surface area (Å²) in [6, 6.07) is 20.0. The SMILES string of the molecule is O=C(CCC1CCCC1)N1CCN(C(=O)C(c2ccccc2)c2ccccc2)CC1. The highest BCUT2D eigenvalue weighted by molar-refractivity contribution is 5.87. The second kappa shape index (κ2) is 9.92. The van der Waals surface area contributed by atoms with Gasteiger partial charge in [-0.05, 0) is 23.5 Å². The Kier molecular flexibility index (Phi) is 6.83. The molecule has 4 heteroatoms. The molecule has 4 nitrogen and oxygen atoms in total. The largest absolute Gasteiger partial charge is 0.339 e. The molecule has 30 heavy (non-hydrogen) atoms. The molecule has 158 valence electrons.